The predicted octanol–water partition coefficient (Wildman–Crippen LogP) is 0.178. The molecule has 1 rings (SSSR count). The zero-order valence-electron chi connectivity index (χ0n) is 10.7. The molecule has 1 aliphatic carbocycles. The van der Waals surface area contributed by atoms with Gasteiger partial charge in [0.05, 0.1) is 11.5 Å². The fourth-order valence-corrected chi connectivity index (χ4v) is 4.74. The molecule has 0 unspecified atom stereocenters. The van der Waals surface area contributed by atoms with Gasteiger partial charge in [-0.05, 0) is 19.8 Å². The predicted molar refractivity (Wildman–Crippen MR) is 71.3 cm³/mol. The van der Waals surface area contributed by atoms with E-state index in [1.807, 2.05) is 0 Å². The highest BCUT2D eigenvalue weighted by Crippen LogP contribution is 2.16. The van der Waals surface area contributed by atoms with Crippen LogP contribution in [0.2, 0.25) is 0 Å². The SMILES string of the molecule is CCS(=O)(=O)NS(=O)(=O)CCNC1CCCCC1. The third-order valence-electron chi connectivity index (χ3n) is 3.04. The van der Waals surface area contributed by atoms with E-state index in [-0.39, 0.29) is 11.5 Å². The lowest BCUT2D eigenvalue weighted by Gasteiger charge is -2.22. The maximum atomic E-state index is 11.5. The molecule has 0 bridgehead atoms. The van der Waals surface area contributed by atoms with Gasteiger partial charge in [0.2, 0.25) is 20.0 Å². The number of hydrogen-bond acceptors (Lipinski definition) is 5. The van der Waals surface area contributed by atoms with Gasteiger partial charge >= 0.3 is 0 Å². The molecule has 1 saturated carbocycles. The minimum absolute atomic E-state index is 0.206. The Hall–Kier alpha value is -0.180. The molecule has 0 saturated heterocycles. The first-order chi connectivity index (χ1) is 8.35. The lowest BCUT2D eigenvalue weighted by Crippen LogP contribution is -2.39. The van der Waals surface area contributed by atoms with Gasteiger partial charge < -0.3 is 5.32 Å². The zero-order valence-corrected chi connectivity index (χ0v) is 12.3. The summed E-state index contributed by atoms with van der Waals surface area (Å²) in [7, 11) is -7.45. The second kappa shape index (κ2) is 6.83. The largest absolute Gasteiger partial charge is 0.313 e. The summed E-state index contributed by atoms with van der Waals surface area (Å²) in [5.74, 6) is -0.439. The second-order valence-electron chi connectivity index (χ2n) is 4.59. The Morgan fingerprint density at radius 1 is 1.00 bits per heavy atom. The molecule has 0 spiro atoms. The van der Waals surface area contributed by atoms with Crippen LogP contribution in [0.5, 0.6) is 0 Å². The molecule has 0 aromatic rings. The van der Waals surface area contributed by atoms with E-state index < -0.39 is 20.0 Å². The average Bonchev–Trinajstić information content (AvgIpc) is 2.29. The van der Waals surface area contributed by atoms with Crippen molar-refractivity contribution in [3.63, 3.8) is 0 Å². The van der Waals surface area contributed by atoms with Gasteiger partial charge in [-0.2, -0.15) is 0 Å². The van der Waals surface area contributed by atoms with Crippen LogP contribution in [0.4, 0.5) is 0 Å². The van der Waals surface area contributed by atoms with E-state index in [9.17, 15) is 16.8 Å². The van der Waals surface area contributed by atoms with Crippen molar-refractivity contribution in [3.8, 4) is 0 Å². The molecule has 0 aliphatic heterocycles. The lowest BCUT2D eigenvalue weighted by atomic mass is 9.96. The molecule has 0 atom stereocenters. The molecular formula is C10H22N2O4S2. The standard InChI is InChI=1S/C10H22N2O4S2/c1-2-17(13,14)12-18(15,16)9-8-11-10-6-4-3-5-7-10/h10-12H,2-9H2,1H3. The molecule has 0 heterocycles. The van der Waals surface area contributed by atoms with Crippen molar-refractivity contribution < 1.29 is 16.8 Å². The summed E-state index contributed by atoms with van der Waals surface area (Å²) in [5.41, 5.74) is 0. The van der Waals surface area contributed by atoms with Crippen LogP contribution in [0.25, 0.3) is 0 Å². The Balaban J connectivity index is 2.33. The van der Waals surface area contributed by atoms with Crippen molar-refractivity contribution in [2.45, 2.75) is 45.1 Å². The molecule has 0 aromatic heterocycles. The summed E-state index contributed by atoms with van der Waals surface area (Å²) in [6.07, 6.45) is 5.73. The van der Waals surface area contributed by atoms with Gasteiger partial charge in [0.1, 0.15) is 0 Å². The first-order valence-electron chi connectivity index (χ1n) is 6.32. The molecule has 0 amide bonds. The maximum Gasteiger partial charge on any atom is 0.225 e. The highest BCUT2D eigenvalue weighted by Gasteiger charge is 2.19. The van der Waals surface area contributed by atoms with Gasteiger partial charge in [-0.25, -0.2) is 16.8 Å². The molecule has 1 fully saturated rings. The minimum Gasteiger partial charge on any atom is -0.313 e. The molecule has 0 aromatic carbocycles. The van der Waals surface area contributed by atoms with Gasteiger partial charge in [0, 0.05) is 12.6 Å². The third-order valence-corrected chi connectivity index (χ3v) is 6.58. The van der Waals surface area contributed by atoms with Crippen molar-refractivity contribution in [1.82, 2.24) is 9.44 Å². The first-order valence-corrected chi connectivity index (χ1v) is 9.62. The third kappa shape index (κ3) is 6.12. The molecular weight excluding hydrogens is 276 g/mol. The van der Waals surface area contributed by atoms with Crippen LogP contribution in [0.3, 0.4) is 0 Å². The Bertz CT molecular complexity index is 438. The van der Waals surface area contributed by atoms with E-state index >= 15 is 0 Å². The number of nitrogens with one attached hydrogen (secondary N) is 2. The fraction of sp³-hybridized carbons (Fsp3) is 1.00. The maximum absolute atomic E-state index is 11.5. The number of hydrogen-bond donors (Lipinski definition) is 2. The Morgan fingerprint density at radius 3 is 2.17 bits per heavy atom. The molecule has 6 nitrogen and oxygen atoms in total. The molecule has 0 radical (unpaired) electrons. The normalized spacial score (nSPS) is 18.9. The van der Waals surface area contributed by atoms with E-state index in [0.717, 1.165) is 12.8 Å². The molecule has 108 valence electrons. The quantitative estimate of drug-likeness (QED) is 0.699. The Morgan fingerprint density at radius 2 is 1.61 bits per heavy atom. The van der Waals surface area contributed by atoms with Crippen LogP contribution >= 0.6 is 0 Å². The molecule has 1 aliphatic rings. The monoisotopic (exact) mass is 298 g/mol. The van der Waals surface area contributed by atoms with Crippen molar-refractivity contribution in [2.24, 2.45) is 0 Å². The van der Waals surface area contributed by atoms with Crippen LogP contribution in [-0.4, -0.2) is 40.9 Å². The zero-order chi connectivity index (χ0) is 13.6. The summed E-state index contributed by atoms with van der Waals surface area (Å²) in [6.45, 7) is 1.69. The highest BCUT2D eigenvalue weighted by atomic mass is 32.3. The highest BCUT2D eigenvalue weighted by molar-refractivity contribution is 8.04. The van der Waals surface area contributed by atoms with Crippen LogP contribution in [0, 0.1) is 0 Å². The summed E-state index contributed by atoms with van der Waals surface area (Å²) in [6, 6.07) is 0.372. The van der Waals surface area contributed by atoms with E-state index in [1.54, 1.807) is 4.13 Å². The summed E-state index contributed by atoms with van der Waals surface area (Å²) in [4.78, 5) is 0. The van der Waals surface area contributed by atoms with E-state index in [0.29, 0.717) is 12.6 Å². The van der Waals surface area contributed by atoms with E-state index in [1.165, 1.54) is 26.2 Å². The first kappa shape index (κ1) is 15.9. The van der Waals surface area contributed by atoms with Gasteiger partial charge in [-0.15, -0.1) is 4.13 Å². The van der Waals surface area contributed by atoms with Gasteiger partial charge in [-0.1, -0.05) is 19.3 Å². The smallest absolute Gasteiger partial charge is 0.225 e. The Kier molecular flexibility index (Phi) is 6.03. The van der Waals surface area contributed by atoms with Gasteiger partial charge in [0.15, 0.2) is 0 Å². The topological polar surface area (TPSA) is 92.3 Å². The van der Waals surface area contributed by atoms with Crippen molar-refractivity contribution in [3.05, 3.63) is 0 Å². The van der Waals surface area contributed by atoms with Crippen molar-refractivity contribution in [1.29, 1.82) is 0 Å². The van der Waals surface area contributed by atoms with Crippen LogP contribution in [0.15, 0.2) is 0 Å². The molecule has 8 heteroatoms. The summed E-state index contributed by atoms with van der Waals surface area (Å²) in [5, 5.41) is 3.17. The van der Waals surface area contributed by atoms with Gasteiger partial charge in [0.25, 0.3) is 0 Å². The molecule has 2 N–H and O–H groups in total. The summed E-state index contributed by atoms with van der Waals surface area (Å²) < 4.78 is 47.1. The fourth-order valence-electron chi connectivity index (χ4n) is 2.00. The number of sulfonamides is 2. The van der Waals surface area contributed by atoms with E-state index in [2.05, 4.69) is 5.32 Å². The van der Waals surface area contributed by atoms with Crippen LogP contribution in [0.1, 0.15) is 39.0 Å². The van der Waals surface area contributed by atoms with Crippen LogP contribution in [-0.2, 0) is 20.0 Å². The second-order valence-corrected chi connectivity index (χ2v) is 8.71. The van der Waals surface area contributed by atoms with Crippen molar-refractivity contribution >= 4 is 20.0 Å². The average molecular weight is 298 g/mol. The Labute approximate surface area is 110 Å². The van der Waals surface area contributed by atoms with Gasteiger partial charge in [-0.3, -0.25) is 0 Å². The van der Waals surface area contributed by atoms with Crippen molar-refractivity contribution in [2.75, 3.05) is 18.1 Å². The minimum atomic E-state index is -3.75. The van der Waals surface area contributed by atoms with Crippen LogP contribution < -0.4 is 9.44 Å². The summed E-state index contributed by atoms with van der Waals surface area (Å²) >= 11 is 0. The van der Waals surface area contributed by atoms with E-state index in [4.69, 9.17) is 0 Å². The molecule has 18 heavy (non-hydrogen) atoms. The number of rotatable bonds is 7. The lowest BCUT2D eigenvalue weighted by molar-refractivity contribution is 0.380.